The van der Waals surface area contributed by atoms with Gasteiger partial charge in [0.05, 0.1) is 40.2 Å². The van der Waals surface area contributed by atoms with Gasteiger partial charge in [0.1, 0.15) is 12.4 Å². The number of rotatable bonds is 11. The summed E-state index contributed by atoms with van der Waals surface area (Å²) in [6, 6.07) is 21.0. The fourth-order valence-corrected chi connectivity index (χ4v) is 5.65. The smallest absolute Gasteiger partial charge is 0.282 e. The molecule has 0 saturated heterocycles. The van der Waals surface area contributed by atoms with Gasteiger partial charge in [-0.15, -0.1) is 0 Å². The number of methoxy groups -OCH3 is 1. The van der Waals surface area contributed by atoms with Crippen LogP contribution in [0.1, 0.15) is 48.9 Å². The summed E-state index contributed by atoms with van der Waals surface area (Å²) in [4.78, 5) is 29.5. The molecule has 4 aromatic carbocycles. The first kappa shape index (κ1) is 32.4. The van der Waals surface area contributed by atoms with Crippen LogP contribution in [0.15, 0.2) is 87.2 Å². The van der Waals surface area contributed by atoms with E-state index < -0.39 is 4.92 Å². The van der Waals surface area contributed by atoms with E-state index in [1.165, 1.54) is 16.8 Å². The summed E-state index contributed by atoms with van der Waals surface area (Å²) in [7, 11) is 1.65. The predicted octanol–water partition coefficient (Wildman–Crippen LogP) is 8.03. The van der Waals surface area contributed by atoms with Crippen molar-refractivity contribution in [1.82, 2.24) is 9.66 Å². The first-order chi connectivity index (χ1) is 22.1. The molecule has 0 aliphatic rings. The van der Waals surface area contributed by atoms with E-state index in [1.807, 2.05) is 38.1 Å². The molecular weight excluding hydrogens is 652 g/mol. The van der Waals surface area contributed by atoms with Crippen molar-refractivity contribution in [2.24, 2.45) is 5.10 Å². The van der Waals surface area contributed by atoms with Crippen LogP contribution in [0.4, 0.5) is 5.69 Å². The Morgan fingerprint density at radius 1 is 1.04 bits per heavy atom. The monoisotopic (exact) mass is 684 g/mol. The standard InChI is InChI=1S/C35H33BrN4O6/c1-6-45-32-17-24(16-29(36)33(32)46-20-23-10-9-11-25(15-23)40(42)43)19-37-39-34(38-30-13-8-7-12-26(30)35(39)41)28-18-27(21(2)3)31(44-5)14-22(28)4/h7-19,21H,6,20H2,1-5H3. The summed E-state index contributed by atoms with van der Waals surface area (Å²) < 4.78 is 19.5. The average Bonchev–Trinajstić information content (AvgIpc) is 3.04. The molecule has 1 aromatic heterocycles. The first-order valence-corrected chi connectivity index (χ1v) is 15.5. The van der Waals surface area contributed by atoms with Gasteiger partial charge in [-0.25, -0.2) is 4.98 Å². The van der Waals surface area contributed by atoms with E-state index in [-0.39, 0.29) is 23.8 Å². The number of hydrogen-bond acceptors (Lipinski definition) is 8. The van der Waals surface area contributed by atoms with Crippen molar-refractivity contribution in [3.63, 3.8) is 0 Å². The molecule has 0 amide bonds. The molecule has 46 heavy (non-hydrogen) atoms. The van der Waals surface area contributed by atoms with E-state index in [0.29, 0.717) is 50.4 Å². The number of aryl methyl sites for hydroxylation is 1. The number of nitrogens with zero attached hydrogens (tertiary/aromatic N) is 4. The zero-order valence-electron chi connectivity index (χ0n) is 26.1. The molecule has 0 aliphatic carbocycles. The zero-order chi connectivity index (χ0) is 33.0. The van der Waals surface area contributed by atoms with Gasteiger partial charge in [0, 0.05) is 17.7 Å². The van der Waals surface area contributed by atoms with E-state index in [2.05, 4.69) is 34.9 Å². The van der Waals surface area contributed by atoms with Gasteiger partial charge >= 0.3 is 0 Å². The molecule has 0 N–H and O–H groups in total. The van der Waals surface area contributed by atoms with Gasteiger partial charge in [0.25, 0.3) is 11.2 Å². The van der Waals surface area contributed by atoms with Crippen LogP contribution >= 0.6 is 15.9 Å². The molecule has 1 heterocycles. The van der Waals surface area contributed by atoms with Crippen molar-refractivity contribution in [2.75, 3.05) is 13.7 Å². The van der Waals surface area contributed by atoms with E-state index in [4.69, 9.17) is 19.2 Å². The Hall–Kier alpha value is -5.03. The van der Waals surface area contributed by atoms with Gasteiger partial charge in [0.15, 0.2) is 17.3 Å². The van der Waals surface area contributed by atoms with Crippen molar-refractivity contribution in [1.29, 1.82) is 0 Å². The number of halogens is 1. The van der Waals surface area contributed by atoms with E-state index in [9.17, 15) is 14.9 Å². The second-order valence-electron chi connectivity index (χ2n) is 10.9. The molecule has 236 valence electrons. The molecular formula is C35H33BrN4O6. The maximum Gasteiger partial charge on any atom is 0.282 e. The minimum Gasteiger partial charge on any atom is -0.496 e. The summed E-state index contributed by atoms with van der Waals surface area (Å²) in [6.07, 6.45) is 1.57. The molecule has 0 atom stereocenters. The Bertz CT molecular complexity index is 2020. The van der Waals surface area contributed by atoms with Crippen LogP contribution < -0.4 is 19.8 Å². The molecule has 0 aliphatic heterocycles. The molecule has 5 rings (SSSR count). The minimum atomic E-state index is -0.444. The van der Waals surface area contributed by atoms with Crippen molar-refractivity contribution >= 4 is 38.7 Å². The molecule has 0 unspecified atom stereocenters. The Morgan fingerprint density at radius 3 is 2.54 bits per heavy atom. The lowest BCUT2D eigenvalue weighted by Gasteiger charge is -2.17. The highest BCUT2D eigenvalue weighted by atomic mass is 79.9. The number of aromatic nitrogens is 2. The summed E-state index contributed by atoms with van der Waals surface area (Å²) in [5.74, 6) is 2.23. The molecule has 0 fully saturated rings. The van der Waals surface area contributed by atoms with Gasteiger partial charge < -0.3 is 14.2 Å². The summed E-state index contributed by atoms with van der Waals surface area (Å²) in [5, 5.41) is 16.3. The largest absolute Gasteiger partial charge is 0.496 e. The molecule has 0 radical (unpaired) electrons. The van der Waals surface area contributed by atoms with Crippen LogP contribution in [0.2, 0.25) is 0 Å². The Labute approximate surface area is 274 Å². The van der Waals surface area contributed by atoms with Crippen molar-refractivity contribution in [3.05, 3.63) is 120 Å². The summed E-state index contributed by atoms with van der Waals surface area (Å²) >= 11 is 3.58. The van der Waals surface area contributed by atoms with Crippen LogP contribution in [0.25, 0.3) is 22.3 Å². The number of nitro groups is 1. The summed E-state index contributed by atoms with van der Waals surface area (Å²) in [5.41, 5.74) is 4.18. The lowest BCUT2D eigenvalue weighted by Crippen LogP contribution is -2.20. The second kappa shape index (κ2) is 13.9. The third kappa shape index (κ3) is 6.79. The number of fused-ring (bicyclic) bond motifs is 1. The van der Waals surface area contributed by atoms with Gasteiger partial charge in [0.2, 0.25) is 0 Å². The number of non-ortho nitro benzene ring substituents is 1. The molecule has 5 aromatic rings. The maximum absolute atomic E-state index is 13.9. The Kier molecular flexibility index (Phi) is 9.81. The van der Waals surface area contributed by atoms with Gasteiger partial charge in [-0.3, -0.25) is 14.9 Å². The Morgan fingerprint density at radius 2 is 1.83 bits per heavy atom. The minimum absolute atomic E-state index is 0.0141. The second-order valence-corrected chi connectivity index (χ2v) is 11.7. The highest BCUT2D eigenvalue weighted by Gasteiger charge is 2.19. The summed E-state index contributed by atoms with van der Waals surface area (Å²) in [6.45, 7) is 8.44. The number of ether oxygens (including phenoxy) is 3. The van der Waals surface area contributed by atoms with Crippen LogP contribution in [0, 0.1) is 17.0 Å². The number of nitro benzene ring substituents is 1. The normalized spacial score (nSPS) is 11.4. The number of para-hydroxylation sites is 1. The third-order valence-electron chi connectivity index (χ3n) is 7.35. The third-order valence-corrected chi connectivity index (χ3v) is 7.94. The average molecular weight is 686 g/mol. The van der Waals surface area contributed by atoms with Crippen molar-refractivity contribution in [3.8, 4) is 28.6 Å². The van der Waals surface area contributed by atoms with Gasteiger partial charge in [-0.2, -0.15) is 9.78 Å². The zero-order valence-corrected chi connectivity index (χ0v) is 27.7. The van der Waals surface area contributed by atoms with Gasteiger partial charge in [-0.1, -0.05) is 38.1 Å². The molecule has 0 spiro atoms. The van der Waals surface area contributed by atoms with E-state index in [1.54, 1.807) is 49.7 Å². The SMILES string of the molecule is CCOc1cc(C=Nn2c(-c3cc(C(C)C)c(OC)cc3C)nc3ccccc3c2=O)cc(Br)c1OCc1cccc([N+](=O)[O-])c1. The highest BCUT2D eigenvalue weighted by Crippen LogP contribution is 2.38. The van der Waals surface area contributed by atoms with Crippen LogP contribution in [0.5, 0.6) is 17.2 Å². The first-order valence-electron chi connectivity index (χ1n) is 14.7. The lowest BCUT2D eigenvalue weighted by molar-refractivity contribution is -0.384. The van der Waals surface area contributed by atoms with Crippen molar-refractivity contribution in [2.45, 2.75) is 40.2 Å². The Balaban J connectivity index is 1.57. The fourth-order valence-electron chi connectivity index (χ4n) is 5.08. The molecule has 11 heteroatoms. The highest BCUT2D eigenvalue weighted by molar-refractivity contribution is 9.10. The quantitative estimate of drug-likeness (QED) is 0.0785. The van der Waals surface area contributed by atoms with Crippen LogP contribution in [-0.2, 0) is 6.61 Å². The lowest BCUT2D eigenvalue weighted by atomic mass is 9.96. The van der Waals surface area contributed by atoms with E-state index >= 15 is 0 Å². The van der Waals surface area contributed by atoms with Crippen LogP contribution in [0.3, 0.4) is 0 Å². The molecule has 10 nitrogen and oxygen atoms in total. The topological polar surface area (TPSA) is 118 Å². The molecule has 0 bridgehead atoms. The van der Waals surface area contributed by atoms with E-state index in [0.717, 1.165) is 22.4 Å². The number of benzene rings is 4. The maximum atomic E-state index is 13.9. The van der Waals surface area contributed by atoms with Crippen molar-refractivity contribution < 1.29 is 19.1 Å². The molecule has 0 saturated carbocycles. The fraction of sp³-hybridized carbons (Fsp3) is 0.229. The predicted molar refractivity (Wildman–Crippen MR) is 183 cm³/mol. The van der Waals surface area contributed by atoms with Gasteiger partial charge in [-0.05, 0) is 94.3 Å². The van der Waals surface area contributed by atoms with Crippen LogP contribution in [-0.4, -0.2) is 34.5 Å². The number of hydrogen-bond donors (Lipinski definition) is 0.